The molecule has 2 aromatic rings. The number of nitriles is 1. The van der Waals surface area contributed by atoms with Gasteiger partial charge < -0.3 is 5.32 Å². The van der Waals surface area contributed by atoms with Crippen LogP contribution in [0.5, 0.6) is 0 Å². The van der Waals surface area contributed by atoms with Crippen LogP contribution in [0.2, 0.25) is 0 Å². The van der Waals surface area contributed by atoms with Crippen molar-refractivity contribution in [2.75, 3.05) is 11.9 Å². The van der Waals surface area contributed by atoms with Crippen LogP contribution in [0.15, 0.2) is 35.1 Å². The van der Waals surface area contributed by atoms with Gasteiger partial charge in [-0.05, 0) is 24.1 Å². The maximum atomic E-state index is 13.0. The maximum absolute atomic E-state index is 13.0. The summed E-state index contributed by atoms with van der Waals surface area (Å²) < 4.78 is 13.0. The molecule has 0 saturated carbocycles. The van der Waals surface area contributed by atoms with Gasteiger partial charge in [-0.15, -0.1) is 0 Å². The summed E-state index contributed by atoms with van der Waals surface area (Å²) in [5, 5.41) is 11.6. The van der Waals surface area contributed by atoms with Crippen LogP contribution in [0.4, 0.5) is 10.2 Å². The van der Waals surface area contributed by atoms with Crippen molar-refractivity contribution >= 4 is 5.82 Å². The first kappa shape index (κ1) is 12.8. The molecule has 0 fully saturated rings. The van der Waals surface area contributed by atoms with E-state index in [-0.39, 0.29) is 11.5 Å². The number of hydrogen-bond acceptors (Lipinski definition) is 4. The molecule has 0 spiro atoms. The minimum atomic E-state index is -0.577. The molecule has 0 aliphatic rings. The number of nitrogens with one attached hydrogen (secondary N) is 2. The van der Waals surface area contributed by atoms with Gasteiger partial charge in [0.15, 0.2) is 0 Å². The molecule has 5 nitrogen and oxygen atoms in total. The average molecular weight is 258 g/mol. The Balaban J connectivity index is 1.98. The molecule has 2 N–H and O–H groups in total. The third kappa shape index (κ3) is 3.64. The molecule has 0 aliphatic carbocycles. The van der Waals surface area contributed by atoms with Gasteiger partial charge in [-0.3, -0.25) is 4.98 Å². The van der Waals surface area contributed by atoms with Gasteiger partial charge in [0, 0.05) is 12.6 Å². The van der Waals surface area contributed by atoms with E-state index in [9.17, 15) is 9.18 Å². The molecule has 0 unspecified atom stereocenters. The molecule has 0 bridgehead atoms. The number of anilines is 1. The number of aromatic nitrogens is 2. The molecule has 0 amide bonds. The maximum Gasteiger partial charge on any atom is 0.347 e. The van der Waals surface area contributed by atoms with E-state index in [4.69, 9.17) is 5.26 Å². The van der Waals surface area contributed by atoms with Gasteiger partial charge in [0.2, 0.25) is 0 Å². The van der Waals surface area contributed by atoms with E-state index in [1.165, 1.54) is 18.2 Å². The SMILES string of the molecule is N#Cc1cc(NCCc2cccc(F)c2)nc(=O)[nH]1. The molecule has 19 heavy (non-hydrogen) atoms. The summed E-state index contributed by atoms with van der Waals surface area (Å²) in [5.74, 6) is 0.0512. The fourth-order valence-corrected chi connectivity index (χ4v) is 1.64. The predicted octanol–water partition coefficient (Wildman–Crippen LogP) is 1.44. The van der Waals surface area contributed by atoms with Crippen molar-refractivity contribution in [2.45, 2.75) is 6.42 Å². The van der Waals surface area contributed by atoms with Crippen LogP contribution < -0.4 is 11.0 Å². The number of nitrogens with zero attached hydrogens (tertiary/aromatic N) is 2. The molecule has 96 valence electrons. The van der Waals surface area contributed by atoms with Crippen LogP contribution in [-0.4, -0.2) is 16.5 Å². The fraction of sp³-hybridized carbons (Fsp3) is 0.154. The zero-order chi connectivity index (χ0) is 13.7. The van der Waals surface area contributed by atoms with E-state index >= 15 is 0 Å². The van der Waals surface area contributed by atoms with Gasteiger partial charge in [-0.2, -0.15) is 10.2 Å². The fourth-order valence-electron chi connectivity index (χ4n) is 1.64. The first-order chi connectivity index (χ1) is 9.17. The van der Waals surface area contributed by atoms with Crippen molar-refractivity contribution in [2.24, 2.45) is 0 Å². The first-order valence-electron chi connectivity index (χ1n) is 5.67. The third-order valence-electron chi connectivity index (χ3n) is 2.47. The molecule has 0 aliphatic heterocycles. The highest BCUT2D eigenvalue weighted by atomic mass is 19.1. The Morgan fingerprint density at radius 2 is 2.26 bits per heavy atom. The molecule has 1 aromatic carbocycles. The van der Waals surface area contributed by atoms with Gasteiger partial charge in [0.25, 0.3) is 0 Å². The highest BCUT2D eigenvalue weighted by Gasteiger charge is 2.00. The summed E-state index contributed by atoms with van der Waals surface area (Å²) >= 11 is 0. The van der Waals surface area contributed by atoms with E-state index in [1.807, 2.05) is 12.1 Å². The molecular formula is C13H11FN4O. The third-order valence-corrected chi connectivity index (χ3v) is 2.47. The number of halogens is 1. The predicted molar refractivity (Wildman–Crippen MR) is 68.2 cm³/mol. The van der Waals surface area contributed by atoms with Gasteiger partial charge in [-0.1, -0.05) is 12.1 Å². The smallest absolute Gasteiger partial charge is 0.347 e. The van der Waals surface area contributed by atoms with Gasteiger partial charge in [-0.25, -0.2) is 9.18 Å². The second kappa shape index (κ2) is 5.78. The van der Waals surface area contributed by atoms with E-state index in [1.54, 1.807) is 6.07 Å². The van der Waals surface area contributed by atoms with Crippen molar-refractivity contribution in [1.29, 1.82) is 5.26 Å². The summed E-state index contributed by atoms with van der Waals surface area (Å²) in [7, 11) is 0. The Morgan fingerprint density at radius 3 is 3.00 bits per heavy atom. The lowest BCUT2D eigenvalue weighted by Crippen LogP contribution is -2.16. The summed E-state index contributed by atoms with van der Waals surface area (Å²) in [6, 6.07) is 9.58. The van der Waals surface area contributed by atoms with Crippen molar-refractivity contribution in [3.8, 4) is 6.07 Å². The highest BCUT2D eigenvalue weighted by Crippen LogP contribution is 2.05. The molecular weight excluding hydrogens is 247 g/mol. The number of H-pyrrole nitrogens is 1. The first-order valence-corrected chi connectivity index (χ1v) is 5.67. The lowest BCUT2D eigenvalue weighted by Gasteiger charge is -2.05. The van der Waals surface area contributed by atoms with E-state index in [2.05, 4.69) is 15.3 Å². The Labute approximate surface area is 108 Å². The van der Waals surface area contributed by atoms with Crippen molar-refractivity contribution in [1.82, 2.24) is 9.97 Å². The number of hydrogen-bond donors (Lipinski definition) is 2. The van der Waals surface area contributed by atoms with Gasteiger partial charge in [0.05, 0.1) is 0 Å². The molecule has 1 heterocycles. The van der Waals surface area contributed by atoms with Gasteiger partial charge >= 0.3 is 5.69 Å². The second-order valence-corrected chi connectivity index (χ2v) is 3.90. The Kier molecular flexibility index (Phi) is 3.88. The zero-order valence-corrected chi connectivity index (χ0v) is 9.98. The number of benzene rings is 1. The number of rotatable bonds is 4. The zero-order valence-electron chi connectivity index (χ0n) is 9.98. The second-order valence-electron chi connectivity index (χ2n) is 3.90. The number of aromatic amines is 1. The summed E-state index contributed by atoms with van der Waals surface area (Å²) in [6.07, 6.45) is 0.591. The molecule has 6 heteroatoms. The monoisotopic (exact) mass is 258 g/mol. The Hall–Kier alpha value is -2.68. The van der Waals surface area contributed by atoms with Crippen LogP contribution in [0.1, 0.15) is 11.3 Å². The Morgan fingerprint density at radius 1 is 1.42 bits per heavy atom. The van der Waals surface area contributed by atoms with Crippen LogP contribution in [0.3, 0.4) is 0 Å². The molecule has 0 saturated heterocycles. The van der Waals surface area contributed by atoms with Crippen LogP contribution >= 0.6 is 0 Å². The van der Waals surface area contributed by atoms with Crippen molar-refractivity contribution in [3.63, 3.8) is 0 Å². The van der Waals surface area contributed by atoms with E-state index in [0.29, 0.717) is 18.8 Å². The molecule has 0 radical (unpaired) electrons. The molecule has 1 aromatic heterocycles. The highest BCUT2D eigenvalue weighted by molar-refractivity contribution is 5.38. The van der Waals surface area contributed by atoms with E-state index < -0.39 is 5.69 Å². The largest absolute Gasteiger partial charge is 0.369 e. The lowest BCUT2D eigenvalue weighted by molar-refractivity contribution is 0.625. The van der Waals surface area contributed by atoms with Crippen molar-refractivity contribution < 1.29 is 4.39 Å². The van der Waals surface area contributed by atoms with Crippen LogP contribution in [0, 0.1) is 17.1 Å². The average Bonchev–Trinajstić information content (AvgIpc) is 2.38. The summed E-state index contributed by atoms with van der Waals surface area (Å²) in [6.45, 7) is 0.491. The topological polar surface area (TPSA) is 81.6 Å². The van der Waals surface area contributed by atoms with Crippen molar-refractivity contribution in [3.05, 3.63) is 57.9 Å². The standard InChI is InChI=1S/C13H11FN4O/c14-10-3-1-2-9(6-10)4-5-16-12-7-11(8-15)17-13(19)18-12/h1-3,6-7H,4-5H2,(H2,16,17,18,19). The van der Waals surface area contributed by atoms with Crippen LogP contribution in [0.25, 0.3) is 0 Å². The van der Waals surface area contributed by atoms with Gasteiger partial charge in [0.1, 0.15) is 23.4 Å². The summed E-state index contributed by atoms with van der Waals surface area (Å²) in [5.41, 5.74) is 0.415. The Bertz CT molecular complexity index is 675. The lowest BCUT2D eigenvalue weighted by atomic mass is 10.1. The minimum absolute atomic E-state index is 0.147. The quantitative estimate of drug-likeness (QED) is 0.869. The van der Waals surface area contributed by atoms with E-state index in [0.717, 1.165) is 5.56 Å². The molecule has 0 atom stereocenters. The summed E-state index contributed by atoms with van der Waals surface area (Å²) in [4.78, 5) is 17.1. The molecule has 2 rings (SSSR count). The normalized spacial score (nSPS) is 9.89. The van der Waals surface area contributed by atoms with Crippen LogP contribution in [-0.2, 0) is 6.42 Å². The minimum Gasteiger partial charge on any atom is -0.369 e.